The molecule has 0 unspecified atom stereocenters. The summed E-state index contributed by atoms with van der Waals surface area (Å²) in [6.07, 6.45) is 2.82. The van der Waals surface area contributed by atoms with Gasteiger partial charge in [-0.1, -0.05) is 0 Å². The summed E-state index contributed by atoms with van der Waals surface area (Å²) in [6, 6.07) is 1.46. The van der Waals surface area contributed by atoms with E-state index >= 15 is 0 Å². The van der Waals surface area contributed by atoms with Crippen molar-refractivity contribution in [3.8, 4) is 0 Å². The average Bonchev–Trinajstić information content (AvgIpc) is 1.88. The predicted molar refractivity (Wildman–Crippen MR) is 53.0 cm³/mol. The van der Waals surface area contributed by atoms with E-state index in [1.807, 2.05) is 0 Å². The molecule has 0 spiro atoms. The first kappa shape index (κ1) is 14.1. The van der Waals surface area contributed by atoms with E-state index in [4.69, 9.17) is 15.8 Å². The van der Waals surface area contributed by atoms with Gasteiger partial charge in [-0.25, -0.2) is 0 Å². The molecule has 1 aromatic rings. The lowest BCUT2D eigenvalue weighted by molar-refractivity contribution is 0.426. The summed E-state index contributed by atoms with van der Waals surface area (Å²) < 4.78 is 0. The highest BCUT2D eigenvalue weighted by molar-refractivity contribution is 6.60. The van der Waals surface area contributed by atoms with E-state index in [9.17, 15) is 0 Å². The van der Waals surface area contributed by atoms with Crippen LogP contribution < -0.4 is 11.2 Å². The minimum Gasteiger partial charge on any atom is -0.423 e. The zero-order chi connectivity index (χ0) is 7.56. The van der Waals surface area contributed by atoms with Crippen molar-refractivity contribution in [2.24, 2.45) is 0 Å². The van der Waals surface area contributed by atoms with Gasteiger partial charge >= 0.3 is 7.12 Å². The molecule has 4 nitrogen and oxygen atoms in total. The largest absolute Gasteiger partial charge is 0.490 e. The number of halogens is 2. The quantitative estimate of drug-likeness (QED) is 0.530. The molecule has 0 saturated carbocycles. The number of anilines is 1. The van der Waals surface area contributed by atoms with E-state index < -0.39 is 7.12 Å². The number of nitrogens with zero attached hydrogens (tertiary/aromatic N) is 1. The molecule has 0 aliphatic heterocycles. The first-order chi connectivity index (χ1) is 4.72. The molecule has 0 atom stereocenters. The Kier molecular flexibility index (Phi) is 7.12. The summed E-state index contributed by atoms with van der Waals surface area (Å²) >= 11 is 0. The first-order valence-electron chi connectivity index (χ1n) is 2.77. The number of nitrogens with two attached hydrogens (primary N) is 1. The lowest BCUT2D eigenvalue weighted by Gasteiger charge is -2.00. The Morgan fingerprint density at radius 2 is 1.92 bits per heavy atom. The van der Waals surface area contributed by atoms with Crippen LogP contribution in [-0.2, 0) is 0 Å². The normalized spacial score (nSPS) is 7.83. The van der Waals surface area contributed by atoms with Gasteiger partial charge in [0.1, 0.15) is 0 Å². The van der Waals surface area contributed by atoms with Crippen LogP contribution in [0.4, 0.5) is 5.69 Å². The van der Waals surface area contributed by atoms with Gasteiger partial charge in [0.2, 0.25) is 0 Å². The molecule has 68 valence electrons. The van der Waals surface area contributed by atoms with Crippen LogP contribution in [0.1, 0.15) is 0 Å². The van der Waals surface area contributed by atoms with Crippen LogP contribution >= 0.6 is 24.8 Å². The van der Waals surface area contributed by atoms with E-state index in [0.29, 0.717) is 0 Å². The van der Waals surface area contributed by atoms with Crippen molar-refractivity contribution >= 4 is 43.1 Å². The summed E-state index contributed by atoms with van der Waals surface area (Å²) in [5.41, 5.74) is 5.92. The Balaban J connectivity index is 0. The van der Waals surface area contributed by atoms with Crippen LogP contribution in [0.3, 0.4) is 0 Å². The second-order valence-electron chi connectivity index (χ2n) is 1.88. The molecule has 0 saturated heterocycles. The highest BCUT2D eigenvalue weighted by Gasteiger charge is 2.12. The van der Waals surface area contributed by atoms with Gasteiger partial charge in [0.25, 0.3) is 0 Å². The molecule has 0 amide bonds. The number of hydrogen-bond acceptors (Lipinski definition) is 4. The van der Waals surface area contributed by atoms with E-state index in [1.54, 1.807) is 0 Å². The standard InChI is InChI=1S/C5H7BN2O2.2ClH/c7-5-3-8-2-1-4(5)6(9)10;;/h1-3,9-10H,7H2;2*1H. The van der Waals surface area contributed by atoms with E-state index in [1.165, 1.54) is 18.5 Å². The third kappa shape index (κ3) is 3.27. The van der Waals surface area contributed by atoms with Crippen LogP contribution in [0.15, 0.2) is 18.5 Å². The Hall–Kier alpha value is -0.485. The molecule has 0 aliphatic rings. The highest BCUT2D eigenvalue weighted by atomic mass is 35.5. The Labute approximate surface area is 82.8 Å². The molecule has 1 heterocycles. The van der Waals surface area contributed by atoms with Gasteiger partial charge in [-0.3, -0.25) is 4.98 Å². The topological polar surface area (TPSA) is 79.4 Å². The summed E-state index contributed by atoms with van der Waals surface area (Å²) in [5.74, 6) is 0. The number of pyridine rings is 1. The van der Waals surface area contributed by atoms with Gasteiger partial charge in [-0.2, -0.15) is 0 Å². The summed E-state index contributed by atoms with van der Waals surface area (Å²) in [6.45, 7) is 0. The van der Waals surface area contributed by atoms with E-state index in [-0.39, 0.29) is 36.0 Å². The molecule has 4 N–H and O–H groups in total. The fourth-order valence-corrected chi connectivity index (χ4v) is 0.653. The van der Waals surface area contributed by atoms with Crippen molar-refractivity contribution in [2.75, 3.05) is 5.73 Å². The third-order valence-corrected chi connectivity index (χ3v) is 1.17. The molecule has 7 heteroatoms. The Bertz CT molecular complexity index is 236. The minimum absolute atomic E-state index is 0. The molecular formula is C5H9BCl2N2O2. The molecule has 0 aromatic carbocycles. The van der Waals surface area contributed by atoms with Gasteiger partial charge < -0.3 is 15.8 Å². The maximum absolute atomic E-state index is 8.65. The summed E-state index contributed by atoms with van der Waals surface area (Å²) in [4.78, 5) is 3.68. The first-order valence-corrected chi connectivity index (χ1v) is 2.77. The second kappa shape index (κ2) is 6.08. The van der Waals surface area contributed by atoms with Gasteiger partial charge in [-0.15, -0.1) is 24.8 Å². The van der Waals surface area contributed by atoms with Gasteiger partial charge in [-0.05, 0) is 6.07 Å². The molecule has 0 aliphatic carbocycles. The van der Waals surface area contributed by atoms with Gasteiger partial charge in [0.15, 0.2) is 0 Å². The van der Waals surface area contributed by atoms with Crippen molar-refractivity contribution in [2.45, 2.75) is 0 Å². The van der Waals surface area contributed by atoms with Crippen LogP contribution in [-0.4, -0.2) is 22.2 Å². The number of hydrogen-bond donors (Lipinski definition) is 3. The van der Waals surface area contributed by atoms with Crippen molar-refractivity contribution in [3.63, 3.8) is 0 Å². The van der Waals surface area contributed by atoms with Gasteiger partial charge in [0.05, 0.1) is 0 Å². The smallest absolute Gasteiger partial charge is 0.423 e. The molecule has 0 radical (unpaired) electrons. The van der Waals surface area contributed by atoms with Crippen molar-refractivity contribution in [1.82, 2.24) is 4.98 Å². The lowest BCUT2D eigenvalue weighted by atomic mass is 9.80. The fourth-order valence-electron chi connectivity index (χ4n) is 0.653. The fraction of sp³-hybridized carbons (Fsp3) is 0. The predicted octanol–water partition coefficient (Wildman–Crippen LogP) is -0.813. The van der Waals surface area contributed by atoms with Crippen LogP contribution in [0.25, 0.3) is 0 Å². The van der Waals surface area contributed by atoms with Crippen molar-refractivity contribution in [1.29, 1.82) is 0 Å². The number of nitrogen functional groups attached to an aromatic ring is 1. The maximum atomic E-state index is 8.65. The zero-order valence-electron chi connectivity index (χ0n) is 6.04. The number of aromatic nitrogens is 1. The average molecular weight is 211 g/mol. The van der Waals surface area contributed by atoms with Crippen LogP contribution in [0.2, 0.25) is 0 Å². The maximum Gasteiger partial charge on any atom is 0.490 e. The Morgan fingerprint density at radius 1 is 1.33 bits per heavy atom. The summed E-state index contributed by atoms with van der Waals surface area (Å²) in [7, 11) is -1.51. The third-order valence-electron chi connectivity index (χ3n) is 1.17. The molecule has 0 fully saturated rings. The molecular weight excluding hydrogens is 202 g/mol. The summed E-state index contributed by atoms with van der Waals surface area (Å²) in [5, 5.41) is 17.3. The van der Waals surface area contributed by atoms with Crippen molar-refractivity contribution in [3.05, 3.63) is 18.5 Å². The van der Waals surface area contributed by atoms with Crippen molar-refractivity contribution < 1.29 is 10.0 Å². The molecule has 0 bridgehead atoms. The number of rotatable bonds is 1. The lowest BCUT2D eigenvalue weighted by Crippen LogP contribution is -2.32. The monoisotopic (exact) mass is 210 g/mol. The molecule has 12 heavy (non-hydrogen) atoms. The highest BCUT2D eigenvalue weighted by Crippen LogP contribution is 1.92. The molecule has 1 rings (SSSR count). The van der Waals surface area contributed by atoms with E-state index in [0.717, 1.165) is 0 Å². The second-order valence-corrected chi connectivity index (χ2v) is 1.88. The zero-order valence-corrected chi connectivity index (χ0v) is 7.68. The van der Waals surface area contributed by atoms with Crippen LogP contribution in [0, 0.1) is 0 Å². The van der Waals surface area contributed by atoms with Crippen LogP contribution in [0.5, 0.6) is 0 Å². The minimum atomic E-state index is -1.51. The SMILES string of the molecule is Cl.Cl.Nc1cnccc1B(O)O. The Morgan fingerprint density at radius 3 is 2.25 bits per heavy atom. The molecule has 1 aromatic heterocycles. The van der Waals surface area contributed by atoms with E-state index in [2.05, 4.69) is 4.98 Å². The van der Waals surface area contributed by atoms with Gasteiger partial charge in [0, 0.05) is 23.5 Å².